The molecule has 2 rings (SSSR count). The van der Waals surface area contributed by atoms with E-state index in [0.717, 1.165) is 37.2 Å². The molecule has 1 aromatic heterocycles. The number of aromatic nitrogens is 2. The van der Waals surface area contributed by atoms with Gasteiger partial charge in [-0.2, -0.15) is 5.10 Å². The largest absolute Gasteiger partial charge is 0.299 e. The topological polar surface area (TPSA) is 34.9 Å². The number of nitrogens with zero attached hydrogens (tertiary/aromatic N) is 2. The van der Waals surface area contributed by atoms with Crippen molar-refractivity contribution in [2.24, 2.45) is 0 Å². The zero-order valence-electron chi connectivity index (χ0n) is 13.0. The lowest BCUT2D eigenvalue weighted by atomic mass is 10.0. The quantitative estimate of drug-likeness (QED) is 0.742. The Bertz CT molecular complexity index is 572. The van der Waals surface area contributed by atoms with Crippen LogP contribution in [0.3, 0.4) is 0 Å². The molecular weight excluding hydrogens is 260 g/mol. The predicted octanol–water partition coefficient (Wildman–Crippen LogP) is 3.60. The van der Waals surface area contributed by atoms with E-state index in [9.17, 15) is 4.79 Å². The highest BCUT2D eigenvalue weighted by atomic mass is 16.1. The molecule has 0 saturated heterocycles. The summed E-state index contributed by atoms with van der Waals surface area (Å²) in [6.45, 7) is 4.98. The van der Waals surface area contributed by atoms with Gasteiger partial charge in [-0.15, -0.1) is 0 Å². The summed E-state index contributed by atoms with van der Waals surface area (Å²) in [6.07, 6.45) is 3.96. The van der Waals surface area contributed by atoms with Gasteiger partial charge in [0.1, 0.15) is 5.78 Å². The van der Waals surface area contributed by atoms with Gasteiger partial charge in [0.2, 0.25) is 0 Å². The van der Waals surface area contributed by atoms with Gasteiger partial charge in [0.05, 0.1) is 5.69 Å². The van der Waals surface area contributed by atoms with Crippen molar-refractivity contribution in [3.8, 4) is 0 Å². The van der Waals surface area contributed by atoms with Crippen LogP contribution in [0.15, 0.2) is 36.4 Å². The first-order valence-electron chi connectivity index (χ1n) is 7.84. The Hall–Kier alpha value is -1.90. The van der Waals surface area contributed by atoms with E-state index in [0.29, 0.717) is 18.6 Å². The van der Waals surface area contributed by atoms with Crippen LogP contribution >= 0.6 is 0 Å². The van der Waals surface area contributed by atoms with Gasteiger partial charge in [0.25, 0.3) is 0 Å². The summed E-state index contributed by atoms with van der Waals surface area (Å²) in [5.74, 6) is 0.309. The van der Waals surface area contributed by atoms with Crippen molar-refractivity contribution in [3.63, 3.8) is 0 Å². The molecule has 1 heterocycles. The Balaban J connectivity index is 1.83. The predicted molar refractivity (Wildman–Crippen MR) is 85.4 cm³/mol. The fourth-order valence-corrected chi connectivity index (χ4v) is 2.53. The molecule has 0 aliphatic heterocycles. The molecule has 0 N–H and O–H groups in total. The van der Waals surface area contributed by atoms with Crippen LogP contribution in [-0.2, 0) is 30.6 Å². The zero-order valence-corrected chi connectivity index (χ0v) is 13.0. The van der Waals surface area contributed by atoms with Gasteiger partial charge in [0, 0.05) is 25.1 Å². The van der Waals surface area contributed by atoms with Crippen molar-refractivity contribution in [2.75, 3.05) is 0 Å². The number of benzene rings is 1. The molecule has 0 bridgehead atoms. The summed E-state index contributed by atoms with van der Waals surface area (Å²) in [4.78, 5) is 12.1. The van der Waals surface area contributed by atoms with Crippen molar-refractivity contribution in [1.82, 2.24) is 9.78 Å². The second-order valence-electron chi connectivity index (χ2n) is 5.35. The van der Waals surface area contributed by atoms with Gasteiger partial charge < -0.3 is 0 Å². The first-order chi connectivity index (χ1) is 10.2. The Morgan fingerprint density at radius 2 is 1.95 bits per heavy atom. The molecule has 3 heteroatoms. The lowest BCUT2D eigenvalue weighted by Crippen LogP contribution is -2.09. The van der Waals surface area contributed by atoms with Crippen LogP contribution in [0.4, 0.5) is 0 Å². The third kappa shape index (κ3) is 4.55. The molecule has 3 nitrogen and oxygen atoms in total. The second kappa shape index (κ2) is 7.77. The highest BCUT2D eigenvalue weighted by molar-refractivity contribution is 5.80. The maximum absolute atomic E-state index is 12.1. The van der Waals surface area contributed by atoms with Crippen molar-refractivity contribution in [3.05, 3.63) is 53.3 Å². The summed E-state index contributed by atoms with van der Waals surface area (Å²) in [7, 11) is 0. The number of carbonyl (C=O) groups is 1. The number of rotatable bonds is 8. The van der Waals surface area contributed by atoms with Crippen molar-refractivity contribution < 1.29 is 4.79 Å². The molecule has 2 aromatic rings. The molecule has 21 heavy (non-hydrogen) atoms. The van der Waals surface area contributed by atoms with E-state index in [1.807, 2.05) is 22.9 Å². The normalized spacial score (nSPS) is 10.8. The van der Waals surface area contributed by atoms with Crippen LogP contribution in [0.25, 0.3) is 0 Å². The Morgan fingerprint density at radius 1 is 1.19 bits per heavy atom. The van der Waals surface area contributed by atoms with Gasteiger partial charge >= 0.3 is 0 Å². The molecule has 112 valence electrons. The summed E-state index contributed by atoms with van der Waals surface area (Å²) < 4.78 is 1.95. The molecule has 0 atom stereocenters. The summed E-state index contributed by atoms with van der Waals surface area (Å²) >= 11 is 0. The fourth-order valence-electron chi connectivity index (χ4n) is 2.53. The standard InChI is InChI=1S/C18H24N2O/c1-3-16-13-17(20(4-2)19-16)14-18(21)12-8-11-15-9-6-5-7-10-15/h5-7,9-10,13H,3-4,8,11-12,14H2,1-2H3. The van der Waals surface area contributed by atoms with Crippen LogP contribution < -0.4 is 0 Å². The number of ketones is 1. The molecule has 0 aliphatic carbocycles. The number of carbonyl (C=O) groups excluding carboxylic acids is 1. The minimum Gasteiger partial charge on any atom is -0.299 e. The van der Waals surface area contributed by atoms with Crippen molar-refractivity contribution in [1.29, 1.82) is 0 Å². The minimum atomic E-state index is 0.309. The van der Waals surface area contributed by atoms with Crippen LogP contribution in [-0.4, -0.2) is 15.6 Å². The second-order valence-corrected chi connectivity index (χ2v) is 5.35. The summed E-state index contributed by atoms with van der Waals surface area (Å²) in [5, 5.41) is 4.49. The lowest BCUT2D eigenvalue weighted by Gasteiger charge is -2.04. The molecular formula is C18H24N2O. The van der Waals surface area contributed by atoms with Gasteiger partial charge in [-0.05, 0) is 37.8 Å². The Kier molecular flexibility index (Phi) is 5.73. The average molecular weight is 284 g/mol. The van der Waals surface area contributed by atoms with E-state index in [2.05, 4.69) is 37.1 Å². The average Bonchev–Trinajstić information content (AvgIpc) is 2.90. The monoisotopic (exact) mass is 284 g/mol. The molecule has 0 radical (unpaired) electrons. The van der Waals surface area contributed by atoms with Gasteiger partial charge in [-0.3, -0.25) is 9.48 Å². The first-order valence-corrected chi connectivity index (χ1v) is 7.84. The third-order valence-electron chi connectivity index (χ3n) is 3.72. The molecule has 0 fully saturated rings. The fraction of sp³-hybridized carbons (Fsp3) is 0.444. The SMILES string of the molecule is CCc1cc(CC(=O)CCCc2ccccc2)n(CC)n1. The molecule has 0 saturated carbocycles. The van der Waals surface area contributed by atoms with E-state index in [1.165, 1.54) is 5.56 Å². The van der Waals surface area contributed by atoms with E-state index in [-0.39, 0.29) is 0 Å². The van der Waals surface area contributed by atoms with E-state index >= 15 is 0 Å². The van der Waals surface area contributed by atoms with Crippen LogP contribution in [0.1, 0.15) is 43.6 Å². The van der Waals surface area contributed by atoms with Crippen molar-refractivity contribution in [2.45, 2.75) is 52.5 Å². The number of Topliss-reactive ketones (excluding diaryl/α,β-unsaturated/α-hetero) is 1. The van der Waals surface area contributed by atoms with Gasteiger partial charge in [0.15, 0.2) is 0 Å². The molecule has 0 spiro atoms. The van der Waals surface area contributed by atoms with Gasteiger partial charge in [-0.25, -0.2) is 0 Å². The molecule has 0 unspecified atom stereocenters. The Morgan fingerprint density at radius 3 is 2.62 bits per heavy atom. The van der Waals surface area contributed by atoms with Crippen LogP contribution in [0.5, 0.6) is 0 Å². The van der Waals surface area contributed by atoms with E-state index < -0.39 is 0 Å². The van der Waals surface area contributed by atoms with Gasteiger partial charge in [-0.1, -0.05) is 37.3 Å². The highest BCUT2D eigenvalue weighted by Crippen LogP contribution is 2.10. The van der Waals surface area contributed by atoms with E-state index in [1.54, 1.807) is 0 Å². The highest BCUT2D eigenvalue weighted by Gasteiger charge is 2.10. The number of hydrogen-bond donors (Lipinski definition) is 0. The van der Waals surface area contributed by atoms with Crippen LogP contribution in [0.2, 0.25) is 0 Å². The van der Waals surface area contributed by atoms with Crippen molar-refractivity contribution >= 4 is 5.78 Å². The smallest absolute Gasteiger partial charge is 0.138 e. The zero-order chi connectivity index (χ0) is 15.1. The molecule has 0 amide bonds. The minimum absolute atomic E-state index is 0.309. The number of aryl methyl sites for hydroxylation is 3. The lowest BCUT2D eigenvalue weighted by molar-refractivity contribution is -0.118. The maximum atomic E-state index is 12.1. The van der Waals surface area contributed by atoms with E-state index in [4.69, 9.17) is 0 Å². The third-order valence-corrected chi connectivity index (χ3v) is 3.72. The number of hydrogen-bond acceptors (Lipinski definition) is 2. The van der Waals surface area contributed by atoms with Crippen LogP contribution in [0, 0.1) is 0 Å². The summed E-state index contributed by atoms with van der Waals surface area (Å²) in [6, 6.07) is 12.4. The maximum Gasteiger partial charge on any atom is 0.138 e. The molecule has 1 aromatic carbocycles. The Labute approximate surface area is 127 Å². The summed E-state index contributed by atoms with van der Waals surface area (Å²) in [5.41, 5.74) is 3.43. The molecule has 0 aliphatic rings. The first kappa shape index (κ1) is 15.5.